The summed E-state index contributed by atoms with van der Waals surface area (Å²) < 4.78 is 0. The molecule has 0 bridgehead atoms. The highest BCUT2D eigenvalue weighted by atomic mass is 16.3. The second-order valence-electron chi connectivity index (χ2n) is 3.77. The van der Waals surface area contributed by atoms with Crippen LogP contribution < -0.4 is 5.32 Å². The standard InChI is InChI=1S/C9H20N2O/c1-8(12)7-11(2)9-3-5-10-6-4-9/h8-10,12H,3-7H2,1-2H3. The molecule has 1 aliphatic rings. The number of hydrogen-bond acceptors (Lipinski definition) is 3. The van der Waals surface area contributed by atoms with Crippen molar-refractivity contribution in [3.63, 3.8) is 0 Å². The molecule has 0 spiro atoms. The van der Waals surface area contributed by atoms with Crippen LogP contribution in [-0.4, -0.2) is 48.8 Å². The molecule has 1 heterocycles. The SMILES string of the molecule is CC(O)CN(C)C1CCNCC1. The highest BCUT2D eigenvalue weighted by Crippen LogP contribution is 2.09. The largest absolute Gasteiger partial charge is 0.392 e. The van der Waals surface area contributed by atoms with Crippen molar-refractivity contribution in [2.45, 2.75) is 31.9 Å². The van der Waals surface area contributed by atoms with Gasteiger partial charge in [0.05, 0.1) is 6.10 Å². The van der Waals surface area contributed by atoms with E-state index in [2.05, 4.69) is 17.3 Å². The molecule has 0 aliphatic carbocycles. The normalized spacial score (nSPS) is 23.0. The Balaban J connectivity index is 2.24. The molecule has 1 atom stereocenters. The monoisotopic (exact) mass is 172 g/mol. The molecule has 0 radical (unpaired) electrons. The van der Waals surface area contributed by atoms with Gasteiger partial charge in [-0.15, -0.1) is 0 Å². The van der Waals surface area contributed by atoms with Crippen molar-refractivity contribution in [1.29, 1.82) is 0 Å². The molecule has 1 unspecified atom stereocenters. The van der Waals surface area contributed by atoms with Crippen molar-refractivity contribution >= 4 is 0 Å². The lowest BCUT2D eigenvalue weighted by atomic mass is 10.1. The van der Waals surface area contributed by atoms with Crippen molar-refractivity contribution in [3.8, 4) is 0 Å². The third kappa shape index (κ3) is 3.09. The van der Waals surface area contributed by atoms with E-state index < -0.39 is 0 Å². The van der Waals surface area contributed by atoms with Gasteiger partial charge in [0, 0.05) is 12.6 Å². The maximum Gasteiger partial charge on any atom is 0.0639 e. The first-order valence-electron chi connectivity index (χ1n) is 4.79. The minimum atomic E-state index is -0.204. The van der Waals surface area contributed by atoms with Crippen LogP contribution in [0.1, 0.15) is 19.8 Å². The molecular weight excluding hydrogens is 152 g/mol. The van der Waals surface area contributed by atoms with E-state index >= 15 is 0 Å². The van der Waals surface area contributed by atoms with E-state index in [0.717, 1.165) is 19.6 Å². The molecule has 0 aromatic rings. The zero-order valence-corrected chi connectivity index (χ0v) is 8.08. The summed E-state index contributed by atoms with van der Waals surface area (Å²) in [7, 11) is 2.10. The number of piperidine rings is 1. The van der Waals surface area contributed by atoms with Crippen molar-refractivity contribution < 1.29 is 5.11 Å². The molecule has 1 saturated heterocycles. The lowest BCUT2D eigenvalue weighted by Gasteiger charge is -2.32. The molecule has 1 aliphatic heterocycles. The van der Waals surface area contributed by atoms with E-state index in [1.54, 1.807) is 0 Å². The minimum absolute atomic E-state index is 0.204. The van der Waals surface area contributed by atoms with Crippen LogP contribution in [0.2, 0.25) is 0 Å². The number of nitrogens with one attached hydrogen (secondary N) is 1. The zero-order chi connectivity index (χ0) is 8.97. The lowest BCUT2D eigenvalue weighted by Crippen LogP contribution is -2.43. The van der Waals surface area contributed by atoms with Crippen molar-refractivity contribution in [2.24, 2.45) is 0 Å². The fourth-order valence-electron chi connectivity index (χ4n) is 1.81. The van der Waals surface area contributed by atoms with Crippen LogP contribution in [-0.2, 0) is 0 Å². The fraction of sp³-hybridized carbons (Fsp3) is 1.00. The van der Waals surface area contributed by atoms with Gasteiger partial charge in [0.25, 0.3) is 0 Å². The average molecular weight is 172 g/mol. The first-order chi connectivity index (χ1) is 5.70. The lowest BCUT2D eigenvalue weighted by molar-refractivity contribution is 0.105. The predicted octanol–water partition coefficient (Wildman–Crippen LogP) is 0.0510. The summed E-state index contributed by atoms with van der Waals surface area (Å²) in [6.45, 7) is 4.88. The number of likely N-dealkylation sites (N-methyl/N-ethyl adjacent to an activating group) is 1. The van der Waals surface area contributed by atoms with Crippen LogP contribution in [0, 0.1) is 0 Å². The van der Waals surface area contributed by atoms with Gasteiger partial charge in [-0.2, -0.15) is 0 Å². The van der Waals surface area contributed by atoms with Gasteiger partial charge >= 0.3 is 0 Å². The Morgan fingerprint density at radius 3 is 2.58 bits per heavy atom. The Bertz CT molecular complexity index is 122. The molecular formula is C9H20N2O. The van der Waals surface area contributed by atoms with Crippen LogP contribution in [0.15, 0.2) is 0 Å². The summed E-state index contributed by atoms with van der Waals surface area (Å²) in [5, 5.41) is 12.5. The summed E-state index contributed by atoms with van der Waals surface area (Å²) in [6.07, 6.45) is 2.22. The first kappa shape index (κ1) is 9.96. The van der Waals surface area contributed by atoms with Gasteiger partial charge in [-0.3, -0.25) is 0 Å². The van der Waals surface area contributed by atoms with Crippen LogP contribution in [0.25, 0.3) is 0 Å². The molecule has 3 heteroatoms. The average Bonchev–Trinajstić information content (AvgIpc) is 2.05. The molecule has 0 amide bonds. The van der Waals surface area contributed by atoms with Gasteiger partial charge in [0.2, 0.25) is 0 Å². The van der Waals surface area contributed by atoms with E-state index in [1.165, 1.54) is 12.8 Å². The predicted molar refractivity (Wildman–Crippen MR) is 50.2 cm³/mol. The smallest absolute Gasteiger partial charge is 0.0639 e. The van der Waals surface area contributed by atoms with Gasteiger partial charge in [-0.1, -0.05) is 0 Å². The maximum absolute atomic E-state index is 9.20. The van der Waals surface area contributed by atoms with Crippen molar-refractivity contribution in [2.75, 3.05) is 26.7 Å². The number of nitrogens with zero attached hydrogens (tertiary/aromatic N) is 1. The topological polar surface area (TPSA) is 35.5 Å². The molecule has 2 N–H and O–H groups in total. The van der Waals surface area contributed by atoms with Crippen molar-refractivity contribution in [3.05, 3.63) is 0 Å². The molecule has 1 fully saturated rings. The Morgan fingerprint density at radius 1 is 1.50 bits per heavy atom. The summed E-state index contributed by atoms with van der Waals surface area (Å²) in [6, 6.07) is 0.667. The molecule has 1 rings (SSSR count). The number of hydrogen-bond donors (Lipinski definition) is 2. The van der Waals surface area contributed by atoms with E-state index in [9.17, 15) is 5.11 Å². The van der Waals surface area contributed by atoms with Crippen LogP contribution in [0.5, 0.6) is 0 Å². The molecule has 0 saturated carbocycles. The Hall–Kier alpha value is -0.120. The third-order valence-corrected chi connectivity index (χ3v) is 2.48. The highest BCUT2D eigenvalue weighted by Gasteiger charge is 2.17. The Labute approximate surface area is 74.8 Å². The minimum Gasteiger partial charge on any atom is -0.392 e. The second kappa shape index (κ2) is 4.80. The van der Waals surface area contributed by atoms with Gasteiger partial charge in [-0.05, 0) is 39.9 Å². The van der Waals surface area contributed by atoms with E-state index in [0.29, 0.717) is 6.04 Å². The maximum atomic E-state index is 9.20. The quantitative estimate of drug-likeness (QED) is 0.631. The summed E-state index contributed by atoms with van der Waals surface area (Å²) in [4.78, 5) is 2.27. The Kier molecular flexibility index (Phi) is 3.98. The third-order valence-electron chi connectivity index (χ3n) is 2.48. The molecule has 72 valence electrons. The van der Waals surface area contributed by atoms with Crippen LogP contribution >= 0.6 is 0 Å². The van der Waals surface area contributed by atoms with Gasteiger partial charge in [0.1, 0.15) is 0 Å². The van der Waals surface area contributed by atoms with Crippen molar-refractivity contribution in [1.82, 2.24) is 10.2 Å². The van der Waals surface area contributed by atoms with E-state index in [-0.39, 0.29) is 6.10 Å². The fourth-order valence-corrected chi connectivity index (χ4v) is 1.81. The molecule has 0 aromatic heterocycles. The Morgan fingerprint density at radius 2 is 2.08 bits per heavy atom. The second-order valence-corrected chi connectivity index (χ2v) is 3.77. The van der Waals surface area contributed by atoms with Crippen LogP contribution in [0.4, 0.5) is 0 Å². The first-order valence-corrected chi connectivity index (χ1v) is 4.79. The van der Waals surface area contributed by atoms with E-state index in [4.69, 9.17) is 0 Å². The molecule has 0 aromatic carbocycles. The number of aliphatic hydroxyl groups is 1. The van der Waals surface area contributed by atoms with Gasteiger partial charge in [0.15, 0.2) is 0 Å². The van der Waals surface area contributed by atoms with Gasteiger partial charge < -0.3 is 15.3 Å². The zero-order valence-electron chi connectivity index (χ0n) is 8.08. The van der Waals surface area contributed by atoms with Gasteiger partial charge in [-0.25, -0.2) is 0 Å². The number of rotatable bonds is 3. The van der Waals surface area contributed by atoms with Crippen LogP contribution in [0.3, 0.4) is 0 Å². The van der Waals surface area contributed by atoms with E-state index in [1.807, 2.05) is 6.92 Å². The summed E-state index contributed by atoms with van der Waals surface area (Å²) in [5.74, 6) is 0. The highest BCUT2D eigenvalue weighted by molar-refractivity contribution is 4.76. The summed E-state index contributed by atoms with van der Waals surface area (Å²) >= 11 is 0. The molecule has 3 nitrogen and oxygen atoms in total. The number of aliphatic hydroxyl groups excluding tert-OH is 1. The summed E-state index contributed by atoms with van der Waals surface area (Å²) in [5.41, 5.74) is 0. The molecule has 12 heavy (non-hydrogen) atoms.